The van der Waals surface area contributed by atoms with Crippen molar-refractivity contribution in [3.8, 4) is 0 Å². The Balaban J connectivity index is 4.60. The molecule has 0 fully saturated rings. The van der Waals surface area contributed by atoms with Crippen molar-refractivity contribution >= 4 is 0 Å². The van der Waals surface area contributed by atoms with Crippen LogP contribution in [0, 0.1) is 0 Å². The molecule has 0 bridgehead atoms. The highest BCUT2D eigenvalue weighted by Gasteiger charge is 2.30. The second-order valence-electron chi connectivity index (χ2n) is 8.68. The van der Waals surface area contributed by atoms with Gasteiger partial charge in [-0.2, -0.15) is 0 Å². The van der Waals surface area contributed by atoms with Crippen molar-refractivity contribution in [1.29, 1.82) is 0 Å². The first-order valence-corrected chi connectivity index (χ1v) is 10.5. The minimum absolute atomic E-state index is 0.0115. The first kappa shape index (κ1) is 26.8. The van der Waals surface area contributed by atoms with Crippen molar-refractivity contribution < 1.29 is 24.8 Å². The third-order valence-electron chi connectivity index (χ3n) is 4.68. The van der Waals surface area contributed by atoms with E-state index < -0.39 is 11.7 Å². The predicted molar refractivity (Wildman–Crippen MR) is 110 cm³/mol. The van der Waals surface area contributed by atoms with Crippen LogP contribution in [0.4, 0.5) is 0 Å². The van der Waals surface area contributed by atoms with E-state index in [1.165, 1.54) is 0 Å². The first-order chi connectivity index (χ1) is 12.6. The molecule has 0 saturated heterocycles. The maximum atomic E-state index is 10.5. The lowest BCUT2D eigenvalue weighted by Gasteiger charge is -2.36. The van der Waals surface area contributed by atoms with Crippen LogP contribution in [0.1, 0.15) is 73.6 Å². The van der Waals surface area contributed by atoms with Gasteiger partial charge in [-0.05, 0) is 40.5 Å². The normalized spacial score (nSPS) is 15.3. The van der Waals surface area contributed by atoms with Crippen molar-refractivity contribution in [2.75, 3.05) is 39.5 Å². The first-order valence-electron chi connectivity index (χ1n) is 10.5. The van der Waals surface area contributed by atoms with E-state index in [-0.39, 0.29) is 24.9 Å². The van der Waals surface area contributed by atoms with Crippen LogP contribution in [0.2, 0.25) is 0 Å². The second-order valence-corrected chi connectivity index (χ2v) is 8.68. The molecule has 2 unspecified atom stereocenters. The zero-order chi connectivity index (χ0) is 20.9. The molecule has 0 amide bonds. The van der Waals surface area contributed by atoms with Crippen LogP contribution in [0.25, 0.3) is 0 Å². The van der Waals surface area contributed by atoms with Crippen molar-refractivity contribution in [3.63, 3.8) is 0 Å². The zero-order valence-corrected chi connectivity index (χ0v) is 18.5. The Morgan fingerprint density at radius 1 is 0.926 bits per heavy atom. The fourth-order valence-electron chi connectivity index (χ4n) is 3.38. The molecule has 0 heterocycles. The molecule has 164 valence electrons. The number of hydrogen-bond donors (Lipinski definition) is 3. The van der Waals surface area contributed by atoms with Gasteiger partial charge in [0.25, 0.3) is 0 Å². The van der Waals surface area contributed by atoms with Gasteiger partial charge in [0.1, 0.15) is 0 Å². The van der Waals surface area contributed by atoms with Gasteiger partial charge in [-0.3, -0.25) is 4.90 Å². The lowest BCUT2D eigenvalue weighted by molar-refractivity contribution is -0.128. The fraction of sp³-hybridized carbons (Fsp3) is 1.00. The summed E-state index contributed by atoms with van der Waals surface area (Å²) in [6.07, 6.45) is 3.87. The third kappa shape index (κ3) is 13.6. The highest BCUT2D eigenvalue weighted by molar-refractivity contribution is 4.81. The average molecular weight is 392 g/mol. The average Bonchev–Trinajstić information content (AvgIpc) is 2.53. The second kappa shape index (κ2) is 13.9. The van der Waals surface area contributed by atoms with E-state index >= 15 is 0 Å². The van der Waals surface area contributed by atoms with E-state index in [0.717, 1.165) is 32.3 Å². The number of ether oxygens (including phenoxy) is 2. The molecule has 0 aromatic rings. The Bertz CT molecular complexity index is 356. The van der Waals surface area contributed by atoms with Crippen molar-refractivity contribution in [1.82, 2.24) is 4.90 Å². The predicted octanol–water partition coefficient (Wildman–Crippen LogP) is 2.58. The van der Waals surface area contributed by atoms with Gasteiger partial charge in [0, 0.05) is 39.1 Å². The molecule has 0 aromatic carbocycles. The summed E-state index contributed by atoms with van der Waals surface area (Å²) in [5.41, 5.74) is -0.701. The molecule has 0 rings (SSSR count). The Kier molecular flexibility index (Phi) is 13.7. The number of rotatable bonds is 17. The largest absolute Gasteiger partial charge is 0.395 e. The maximum absolute atomic E-state index is 10.5. The molecular weight excluding hydrogens is 346 g/mol. The summed E-state index contributed by atoms with van der Waals surface area (Å²) in [5.74, 6) is 0. The molecule has 0 aliphatic heterocycles. The SMILES string of the molecule is CCCCOC(C)(C)CC(CC)OC(C)(C)CC(O)CN(CCO)CCO. The number of aliphatic hydroxyl groups is 3. The number of unbranched alkanes of at least 4 members (excludes halogenated alkanes) is 1. The van der Waals surface area contributed by atoms with E-state index in [0.29, 0.717) is 26.1 Å². The summed E-state index contributed by atoms with van der Waals surface area (Å²) in [4.78, 5) is 1.86. The highest BCUT2D eigenvalue weighted by atomic mass is 16.5. The van der Waals surface area contributed by atoms with Crippen LogP contribution < -0.4 is 0 Å². The van der Waals surface area contributed by atoms with Gasteiger partial charge >= 0.3 is 0 Å². The Morgan fingerprint density at radius 3 is 2.00 bits per heavy atom. The molecule has 0 aromatic heterocycles. The monoisotopic (exact) mass is 391 g/mol. The van der Waals surface area contributed by atoms with Gasteiger partial charge in [0.2, 0.25) is 0 Å². The minimum atomic E-state index is -0.579. The molecule has 3 N–H and O–H groups in total. The molecule has 0 radical (unpaired) electrons. The molecule has 0 aliphatic carbocycles. The summed E-state index contributed by atoms with van der Waals surface area (Å²) in [6, 6.07) is 0. The lowest BCUT2D eigenvalue weighted by atomic mass is 9.96. The van der Waals surface area contributed by atoms with Crippen molar-refractivity contribution in [2.45, 2.75) is 97.1 Å². The van der Waals surface area contributed by atoms with Crippen LogP contribution in [0.5, 0.6) is 0 Å². The van der Waals surface area contributed by atoms with Crippen molar-refractivity contribution in [2.24, 2.45) is 0 Å². The summed E-state index contributed by atoms with van der Waals surface area (Å²) in [5, 5.41) is 28.7. The summed E-state index contributed by atoms with van der Waals surface area (Å²) in [6.45, 7) is 14.6. The standard InChI is InChI=1S/C21H45NO5/c1-7-9-14-26-20(3,4)16-19(8-2)27-21(5,6)15-18(25)17-22(10-12-23)11-13-24/h18-19,23-25H,7-17H2,1-6H3. The molecule has 27 heavy (non-hydrogen) atoms. The van der Waals surface area contributed by atoms with Crippen LogP contribution in [0.15, 0.2) is 0 Å². The van der Waals surface area contributed by atoms with Gasteiger partial charge in [0.05, 0.1) is 36.6 Å². The molecule has 2 atom stereocenters. The van der Waals surface area contributed by atoms with Gasteiger partial charge in [-0.25, -0.2) is 0 Å². The van der Waals surface area contributed by atoms with E-state index in [1.807, 2.05) is 18.7 Å². The third-order valence-corrected chi connectivity index (χ3v) is 4.68. The topological polar surface area (TPSA) is 82.4 Å². The zero-order valence-electron chi connectivity index (χ0n) is 18.5. The molecule has 0 spiro atoms. The van der Waals surface area contributed by atoms with Crippen molar-refractivity contribution in [3.05, 3.63) is 0 Å². The summed E-state index contributed by atoms with van der Waals surface area (Å²) >= 11 is 0. The molecule has 0 aliphatic rings. The Hall–Kier alpha value is -0.240. The van der Waals surface area contributed by atoms with Crippen LogP contribution in [-0.2, 0) is 9.47 Å². The van der Waals surface area contributed by atoms with E-state index in [4.69, 9.17) is 19.7 Å². The highest BCUT2D eigenvalue weighted by Crippen LogP contribution is 2.27. The molecule has 6 nitrogen and oxygen atoms in total. The van der Waals surface area contributed by atoms with E-state index in [1.54, 1.807) is 0 Å². The number of aliphatic hydroxyl groups excluding tert-OH is 3. The molecule has 6 heteroatoms. The molecule has 0 saturated carbocycles. The van der Waals surface area contributed by atoms with Gasteiger partial charge in [-0.15, -0.1) is 0 Å². The number of nitrogens with zero attached hydrogens (tertiary/aromatic N) is 1. The van der Waals surface area contributed by atoms with Gasteiger partial charge < -0.3 is 24.8 Å². The van der Waals surface area contributed by atoms with E-state index in [9.17, 15) is 5.11 Å². The smallest absolute Gasteiger partial charge is 0.0694 e. The van der Waals surface area contributed by atoms with Crippen LogP contribution >= 0.6 is 0 Å². The van der Waals surface area contributed by atoms with Gasteiger partial charge in [-0.1, -0.05) is 20.3 Å². The molecular formula is C21H45NO5. The maximum Gasteiger partial charge on any atom is 0.0694 e. The number of hydrogen-bond acceptors (Lipinski definition) is 6. The van der Waals surface area contributed by atoms with E-state index in [2.05, 4.69) is 27.7 Å². The summed E-state index contributed by atoms with van der Waals surface area (Å²) < 4.78 is 12.4. The fourth-order valence-corrected chi connectivity index (χ4v) is 3.38. The minimum Gasteiger partial charge on any atom is -0.395 e. The Morgan fingerprint density at radius 2 is 1.52 bits per heavy atom. The van der Waals surface area contributed by atoms with Crippen LogP contribution in [-0.4, -0.2) is 83.1 Å². The lowest BCUT2D eigenvalue weighted by Crippen LogP contribution is -2.42. The quantitative estimate of drug-likeness (QED) is 0.331. The summed E-state index contributed by atoms with van der Waals surface area (Å²) in [7, 11) is 0. The van der Waals surface area contributed by atoms with Gasteiger partial charge in [0.15, 0.2) is 0 Å². The Labute approximate surface area is 166 Å². The van der Waals surface area contributed by atoms with Crippen LogP contribution in [0.3, 0.4) is 0 Å².